The Kier molecular flexibility index (Phi) is 5.42. The minimum absolute atomic E-state index is 0.0307. The Morgan fingerprint density at radius 1 is 1.12 bits per heavy atom. The molecule has 3 rings (SSSR count). The van der Waals surface area contributed by atoms with Crippen LogP contribution >= 0.6 is 0 Å². The zero-order valence-corrected chi connectivity index (χ0v) is 15.4. The van der Waals surface area contributed by atoms with E-state index in [2.05, 4.69) is 9.71 Å². The van der Waals surface area contributed by atoms with E-state index in [1.807, 2.05) is 11.9 Å². The molecule has 2 fully saturated rings. The Morgan fingerprint density at radius 3 is 2.40 bits per heavy atom. The lowest BCUT2D eigenvalue weighted by atomic mass is 9.88. The molecule has 1 aromatic carbocycles. The van der Waals surface area contributed by atoms with Crippen LogP contribution in [0.2, 0.25) is 0 Å². The third-order valence-corrected chi connectivity index (χ3v) is 6.27. The van der Waals surface area contributed by atoms with Crippen LogP contribution in [0.5, 0.6) is 0 Å². The summed E-state index contributed by atoms with van der Waals surface area (Å²) in [5.74, 6) is 0.708. The van der Waals surface area contributed by atoms with E-state index in [0.29, 0.717) is 17.9 Å². The van der Waals surface area contributed by atoms with E-state index in [9.17, 15) is 13.2 Å². The highest BCUT2D eigenvalue weighted by Gasteiger charge is 2.22. The molecule has 6 nitrogen and oxygen atoms in total. The molecule has 0 aromatic heterocycles. The Morgan fingerprint density at radius 2 is 1.80 bits per heavy atom. The second-order valence-electron chi connectivity index (χ2n) is 6.86. The summed E-state index contributed by atoms with van der Waals surface area (Å²) in [6, 6.07) is 6.27. The van der Waals surface area contributed by atoms with Gasteiger partial charge in [0.1, 0.15) is 5.84 Å². The fourth-order valence-corrected chi connectivity index (χ4v) is 4.51. The maximum atomic E-state index is 12.4. The van der Waals surface area contributed by atoms with E-state index in [1.165, 1.54) is 18.6 Å². The fraction of sp³-hybridized carbons (Fsp3) is 0.556. The Labute approximate surface area is 149 Å². The van der Waals surface area contributed by atoms with E-state index in [1.54, 1.807) is 12.1 Å². The number of benzene rings is 1. The Balaban J connectivity index is 1.68. The smallest absolute Gasteiger partial charge is 0.283 e. The Bertz CT molecular complexity index is 750. The predicted molar refractivity (Wildman–Crippen MR) is 98.1 cm³/mol. The summed E-state index contributed by atoms with van der Waals surface area (Å²) in [6.45, 7) is 0.834. The lowest BCUT2D eigenvalue weighted by molar-refractivity contribution is -0.120. The maximum absolute atomic E-state index is 12.4. The molecule has 25 heavy (non-hydrogen) atoms. The maximum Gasteiger partial charge on any atom is 0.283 e. The molecule has 0 atom stereocenters. The summed E-state index contributed by atoms with van der Waals surface area (Å²) < 4.78 is 28.8. The van der Waals surface area contributed by atoms with Crippen LogP contribution in [0.3, 0.4) is 0 Å². The number of carbonyl (C=O) groups excluding carboxylic acids is 1. The average molecular weight is 363 g/mol. The molecule has 0 radical (unpaired) electrons. The number of carbonyl (C=O) groups is 1. The van der Waals surface area contributed by atoms with E-state index in [4.69, 9.17) is 0 Å². The van der Waals surface area contributed by atoms with Crippen molar-refractivity contribution in [1.82, 2.24) is 4.90 Å². The molecule has 7 heteroatoms. The number of nitrogens with one attached hydrogen (secondary N) is 1. The molecule has 0 bridgehead atoms. The van der Waals surface area contributed by atoms with Crippen molar-refractivity contribution < 1.29 is 13.2 Å². The number of hydrogen-bond acceptors (Lipinski definition) is 3. The third-order valence-electron chi connectivity index (χ3n) is 4.96. The van der Waals surface area contributed by atoms with Crippen molar-refractivity contribution in [2.24, 2.45) is 10.3 Å². The third kappa shape index (κ3) is 4.39. The first-order valence-electron chi connectivity index (χ1n) is 8.91. The van der Waals surface area contributed by atoms with Gasteiger partial charge in [-0.3, -0.25) is 4.79 Å². The molecular formula is C18H25N3O3S. The van der Waals surface area contributed by atoms with Gasteiger partial charge >= 0.3 is 0 Å². The molecule has 2 aliphatic rings. The summed E-state index contributed by atoms with van der Waals surface area (Å²) in [6.07, 6.45) is 6.89. The first-order valence-corrected chi connectivity index (χ1v) is 10.4. The summed E-state index contributed by atoms with van der Waals surface area (Å²) in [5.41, 5.74) is 0.625. The van der Waals surface area contributed by atoms with E-state index < -0.39 is 10.0 Å². The molecule has 1 N–H and O–H groups in total. The monoisotopic (exact) mass is 363 g/mol. The zero-order valence-electron chi connectivity index (χ0n) is 14.6. The number of amidine groups is 1. The molecule has 1 aromatic rings. The summed E-state index contributed by atoms with van der Waals surface area (Å²) in [7, 11) is -1.86. The quantitative estimate of drug-likeness (QED) is 0.892. The van der Waals surface area contributed by atoms with Crippen LogP contribution < -0.4 is 5.32 Å². The number of anilines is 1. The molecule has 1 saturated heterocycles. The second kappa shape index (κ2) is 7.56. The number of rotatable bonds is 4. The molecule has 0 spiro atoms. The van der Waals surface area contributed by atoms with Crippen LogP contribution in [0.1, 0.15) is 44.9 Å². The number of sulfonamides is 1. The highest BCUT2D eigenvalue weighted by molar-refractivity contribution is 7.90. The highest BCUT2D eigenvalue weighted by atomic mass is 32.2. The normalized spacial score (nSPS) is 20.8. The van der Waals surface area contributed by atoms with Gasteiger partial charge in [0, 0.05) is 31.6 Å². The molecular weight excluding hydrogens is 338 g/mol. The van der Waals surface area contributed by atoms with Gasteiger partial charge in [0.25, 0.3) is 10.0 Å². The van der Waals surface area contributed by atoms with Crippen molar-refractivity contribution in [2.75, 3.05) is 18.9 Å². The Hall–Kier alpha value is -1.89. The van der Waals surface area contributed by atoms with Crippen molar-refractivity contribution in [2.45, 2.75) is 49.8 Å². The van der Waals surface area contributed by atoms with Crippen molar-refractivity contribution in [3.05, 3.63) is 24.3 Å². The van der Waals surface area contributed by atoms with Crippen LogP contribution in [0, 0.1) is 5.92 Å². The van der Waals surface area contributed by atoms with Gasteiger partial charge in [-0.15, -0.1) is 4.40 Å². The van der Waals surface area contributed by atoms with Crippen LogP contribution in [0.25, 0.3) is 0 Å². The van der Waals surface area contributed by atoms with Gasteiger partial charge in [0.15, 0.2) is 0 Å². The van der Waals surface area contributed by atoms with Crippen molar-refractivity contribution in [3.63, 3.8) is 0 Å². The van der Waals surface area contributed by atoms with Gasteiger partial charge in [-0.1, -0.05) is 19.3 Å². The van der Waals surface area contributed by atoms with Gasteiger partial charge in [-0.25, -0.2) is 0 Å². The standard InChI is InChI=1S/C18H25N3O3S/c1-21-13-5-8-17(21)20-25(23,24)16-11-9-15(10-12-16)19-18(22)14-6-3-2-4-7-14/h9-12,14H,2-8,13H2,1H3,(H,19,22)/b20-17-. The largest absolute Gasteiger partial charge is 0.362 e. The minimum atomic E-state index is -3.71. The predicted octanol–water partition coefficient (Wildman–Crippen LogP) is 3.02. The SMILES string of the molecule is CN1CCC/C1=N/S(=O)(=O)c1ccc(NC(=O)C2CCCCC2)cc1. The van der Waals surface area contributed by atoms with E-state index in [0.717, 1.165) is 38.6 Å². The molecule has 136 valence electrons. The lowest BCUT2D eigenvalue weighted by Gasteiger charge is -2.20. The summed E-state index contributed by atoms with van der Waals surface area (Å²) in [5, 5.41) is 2.89. The average Bonchev–Trinajstić information content (AvgIpc) is 3.00. The minimum Gasteiger partial charge on any atom is -0.362 e. The summed E-state index contributed by atoms with van der Waals surface area (Å²) >= 11 is 0. The lowest BCUT2D eigenvalue weighted by Crippen LogP contribution is -2.24. The number of hydrogen-bond donors (Lipinski definition) is 1. The first-order chi connectivity index (χ1) is 12.0. The fourth-order valence-electron chi connectivity index (χ4n) is 3.42. The second-order valence-corrected chi connectivity index (χ2v) is 8.46. The van der Waals surface area contributed by atoms with Gasteiger partial charge in [0.2, 0.25) is 5.91 Å². The molecule has 1 aliphatic heterocycles. The molecule has 1 amide bonds. The summed E-state index contributed by atoms with van der Waals surface area (Å²) in [4.78, 5) is 14.3. The van der Waals surface area contributed by atoms with Crippen LogP contribution in [-0.2, 0) is 14.8 Å². The zero-order chi connectivity index (χ0) is 17.9. The molecule has 1 saturated carbocycles. The molecule has 1 aliphatic carbocycles. The van der Waals surface area contributed by atoms with Crippen molar-refractivity contribution >= 4 is 27.5 Å². The number of amides is 1. The van der Waals surface area contributed by atoms with Gasteiger partial charge in [-0.05, 0) is 43.5 Å². The number of likely N-dealkylation sites (tertiary alicyclic amines) is 1. The van der Waals surface area contributed by atoms with Crippen molar-refractivity contribution in [1.29, 1.82) is 0 Å². The van der Waals surface area contributed by atoms with Crippen LogP contribution in [0.4, 0.5) is 5.69 Å². The van der Waals surface area contributed by atoms with Gasteiger partial charge < -0.3 is 10.2 Å². The van der Waals surface area contributed by atoms with E-state index in [-0.39, 0.29) is 16.7 Å². The van der Waals surface area contributed by atoms with Crippen molar-refractivity contribution in [3.8, 4) is 0 Å². The first kappa shape index (κ1) is 17.9. The van der Waals surface area contributed by atoms with Crippen LogP contribution in [0.15, 0.2) is 33.6 Å². The van der Waals surface area contributed by atoms with E-state index >= 15 is 0 Å². The van der Waals surface area contributed by atoms with Crippen LogP contribution in [-0.4, -0.2) is 38.7 Å². The van der Waals surface area contributed by atoms with Gasteiger partial charge in [0.05, 0.1) is 4.90 Å². The molecule has 0 unspecified atom stereocenters. The number of nitrogens with zero attached hydrogens (tertiary/aromatic N) is 2. The topological polar surface area (TPSA) is 78.8 Å². The van der Waals surface area contributed by atoms with Gasteiger partial charge in [-0.2, -0.15) is 8.42 Å². The molecule has 1 heterocycles. The highest BCUT2D eigenvalue weighted by Crippen LogP contribution is 2.25.